The van der Waals surface area contributed by atoms with Crippen LogP contribution < -0.4 is 4.90 Å². The standard InChI is InChI=1S/C18H16N4O3S2/c19-13-15-18(25-17(20-15)16-7-4-12-26-16)21-8-10-22(11-9-21)27(23,24)14-5-2-1-3-6-14/h1-7,12H,8-11H2. The van der Waals surface area contributed by atoms with E-state index in [0.29, 0.717) is 38.0 Å². The summed E-state index contributed by atoms with van der Waals surface area (Å²) < 4.78 is 32.8. The van der Waals surface area contributed by atoms with Crippen molar-refractivity contribution in [2.75, 3.05) is 31.1 Å². The van der Waals surface area contributed by atoms with Crippen LogP contribution in [0.1, 0.15) is 5.69 Å². The first-order chi connectivity index (χ1) is 13.1. The zero-order valence-corrected chi connectivity index (χ0v) is 15.9. The molecule has 1 aromatic carbocycles. The fourth-order valence-corrected chi connectivity index (χ4v) is 5.07. The Kier molecular flexibility index (Phi) is 4.70. The number of anilines is 1. The number of aromatic nitrogens is 1. The summed E-state index contributed by atoms with van der Waals surface area (Å²) in [5, 5.41) is 11.3. The van der Waals surface area contributed by atoms with Gasteiger partial charge in [0, 0.05) is 26.2 Å². The molecule has 0 amide bonds. The highest BCUT2D eigenvalue weighted by Gasteiger charge is 2.31. The quantitative estimate of drug-likeness (QED) is 0.669. The smallest absolute Gasteiger partial charge is 0.243 e. The molecule has 27 heavy (non-hydrogen) atoms. The van der Waals surface area contributed by atoms with Crippen LogP contribution in [0.15, 0.2) is 57.2 Å². The van der Waals surface area contributed by atoms with Gasteiger partial charge in [0.1, 0.15) is 6.07 Å². The van der Waals surface area contributed by atoms with E-state index in [1.807, 2.05) is 22.4 Å². The first-order valence-electron chi connectivity index (χ1n) is 8.34. The highest BCUT2D eigenvalue weighted by Crippen LogP contribution is 2.31. The molecule has 0 aliphatic carbocycles. The summed E-state index contributed by atoms with van der Waals surface area (Å²) in [6.45, 7) is 1.49. The topological polar surface area (TPSA) is 90.4 Å². The molecule has 2 aromatic heterocycles. The summed E-state index contributed by atoms with van der Waals surface area (Å²) in [4.78, 5) is 7.28. The molecule has 4 rings (SSSR count). The van der Waals surface area contributed by atoms with Gasteiger partial charge in [-0.25, -0.2) is 8.42 Å². The molecular weight excluding hydrogens is 384 g/mol. The van der Waals surface area contributed by atoms with Crippen molar-refractivity contribution in [3.63, 3.8) is 0 Å². The second-order valence-corrected chi connectivity index (χ2v) is 8.85. The van der Waals surface area contributed by atoms with E-state index in [9.17, 15) is 13.7 Å². The predicted molar refractivity (Wildman–Crippen MR) is 102 cm³/mol. The minimum Gasteiger partial charge on any atom is -0.418 e. The molecule has 1 saturated heterocycles. The van der Waals surface area contributed by atoms with E-state index >= 15 is 0 Å². The fourth-order valence-electron chi connectivity index (χ4n) is 2.98. The number of piperazine rings is 1. The number of hydrogen-bond acceptors (Lipinski definition) is 7. The average Bonchev–Trinajstić information content (AvgIpc) is 3.38. The molecule has 0 spiro atoms. The molecule has 1 aliphatic heterocycles. The van der Waals surface area contributed by atoms with E-state index in [-0.39, 0.29) is 10.6 Å². The molecular formula is C18H16N4O3S2. The zero-order chi connectivity index (χ0) is 18.9. The second-order valence-electron chi connectivity index (χ2n) is 5.97. The van der Waals surface area contributed by atoms with Crippen LogP contribution in [0.25, 0.3) is 10.8 Å². The van der Waals surface area contributed by atoms with Gasteiger partial charge < -0.3 is 9.32 Å². The molecule has 9 heteroatoms. The summed E-state index contributed by atoms with van der Waals surface area (Å²) in [6, 6.07) is 14.2. The van der Waals surface area contributed by atoms with E-state index in [2.05, 4.69) is 11.1 Å². The monoisotopic (exact) mass is 400 g/mol. The lowest BCUT2D eigenvalue weighted by atomic mass is 10.3. The van der Waals surface area contributed by atoms with Gasteiger partial charge in [-0.1, -0.05) is 24.3 Å². The number of nitriles is 1. The highest BCUT2D eigenvalue weighted by atomic mass is 32.2. The summed E-state index contributed by atoms with van der Waals surface area (Å²) in [7, 11) is -3.52. The molecule has 0 saturated carbocycles. The van der Waals surface area contributed by atoms with Crippen LogP contribution in [-0.4, -0.2) is 43.9 Å². The van der Waals surface area contributed by atoms with Gasteiger partial charge >= 0.3 is 0 Å². The van der Waals surface area contributed by atoms with Crippen LogP contribution in [0.2, 0.25) is 0 Å². The van der Waals surface area contributed by atoms with Crippen LogP contribution in [0.5, 0.6) is 0 Å². The summed E-state index contributed by atoms with van der Waals surface area (Å²) >= 11 is 1.48. The summed E-state index contributed by atoms with van der Waals surface area (Å²) in [5.74, 6) is 0.813. The Morgan fingerprint density at radius 3 is 2.44 bits per heavy atom. The third kappa shape index (κ3) is 3.35. The molecule has 0 bridgehead atoms. The SMILES string of the molecule is N#Cc1nc(-c2cccs2)oc1N1CCN(S(=O)(=O)c2ccccc2)CC1. The Labute approximate surface area is 161 Å². The van der Waals surface area contributed by atoms with Gasteiger partial charge in [0.05, 0.1) is 9.77 Å². The van der Waals surface area contributed by atoms with Gasteiger partial charge in [-0.15, -0.1) is 11.3 Å². The fraction of sp³-hybridized carbons (Fsp3) is 0.222. The van der Waals surface area contributed by atoms with Crippen molar-refractivity contribution in [3.8, 4) is 16.8 Å². The third-order valence-electron chi connectivity index (χ3n) is 4.35. The van der Waals surface area contributed by atoms with Crippen molar-refractivity contribution in [1.82, 2.24) is 9.29 Å². The lowest BCUT2D eigenvalue weighted by molar-refractivity contribution is 0.374. The molecule has 0 radical (unpaired) electrons. The van der Waals surface area contributed by atoms with Crippen molar-refractivity contribution < 1.29 is 12.8 Å². The first kappa shape index (κ1) is 17.7. The predicted octanol–water partition coefficient (Wildman–Crippen LogP) is 2.79. The van der Waals surface area contributed by atoms with E-state index in [1.54, 1.807) is 30.3 Å². The number of benzene rings is 1. The van der Waals surface area contributed by atoms with Gasteiger partial charge in [-0.3, -0.25) is 0 Å². The van der Waals surface area contributed by atoms with E-state index in [1.165, 1.54) is 15.6 Å². The van der Waals surface area contributed by atoms with Gasteiger partial charge in [-0.2, -0.15) is 14.6 Å². The molecule has 3 heterocycles. The second kappa shape index (κ2) is 7.15. The number of oxazole rings is 1. The van der Waals surface area contributed by atoms with Gasteiger partial charge in [0.15, 0.2) is 0 Å². The van der Waals surface area contributed by atoms with Crippen LogP contribution in [0.3, 0.4) is 0 Å². The normalized spacial score (nSPS) is 15.6. The molecule has 138 valence electrons. The largest absolute Gasteiger partial charge is 0.418 e. The molecule has 0 N–H and O–H groups in total. The number of rotatable bonds is 4. The van der Waals surface area contributed by atoms with Crippen molar-refractivity contribution in [2.24, 2.45) is 0 Å². The molecule has 1 aliphatic rings. The first-order valence-corrected chi connectivity index (χ1v) is 10.7. The average molecular weight is 400 g/mol. The number of thiophene rings is 1. The third-order valence-corrected chi connectivity index (χ3v) is 7.12. The van der Waals surface area contributed by atoms with E-state index < -0.39 is 10.0 Å². The van der Waals surface area contributed by atoms with Gasteiger partial charge in [-0.05, 0) is 23.6 Å². The van der Waals surface area contributed by atoms with Crippen LogP contribution in [-0.2, 0) is 10.0 Å². The van der Waals surface area contributed by atoms with Crippen LogP contribution in [0, 0.1) is 11.3 Å². The van der Waals surface area contributed by atoms with Crippen molar-refractivity contribution in [3.05, 3.63) is 53.5 Å². The molecule has 7 nitrogen and oxygen atoms in total. The minimum atomic E-state index is -3.52. The molecule has 3 aromatic rings. The number of hydrogen-bond donors (Lipinski definition) is 0. The Hall–Kier alpha value is -2.67. The van der Waals surface area contributed by atoms with Crippen LogP contribution in [0.4, 0.5) is 5.88 Å². The van der Waals surface area contributed by atoms with Crippen molar-refractivity contribution in [1.29, 1.82) is 5.26 Å². The van der Waals surface area contributed by atoms with Crippen LogP contribution >= 0.6 is 11.3 Å². The maximum Gasteiger partial charge on any atom is 0.243 e. The maximum absolute atomic E-state index is 12.7. The maximum atomic E-state index is 12.7. The number of nitrogens with zero attached hydrogens (tertiary/aromatic N) is 4. The lowest BCUT2D eigenvalue weighted by Gasteiger charge is -2.33. The Balaban J connectivity index is 1.53. The summed E-state index contributed by atoms with van der Waals surface area (Å²) in [5.41, 5.74) is 0.220. The Morgan fingerprint density at radius 2 is 1.81 bits per heavy atom. The molecule has 0 unspecified atom stereocenters. The highest BCUT2D eigenvalue weighted by molar-refractivity contribution is 7.89. The minimum absolute atomic E-state index is 0.220. The Bertz CT molecular complexity index is 1060. The lowest BCUT2D eigenvalue weighted by Crippen LogP contribution is -2.48. The van der Waals surface area contributed by atoms with Gasteiger partial charge in [0.25, 0.3) is 0 Å². The Morgan fingerprint density at radius 1 is 1.07 bits per heavy atom. The summed E-state index contributed by atoms with van der Waals surface area (Å²) in [6.07, 6.45) is 0. The zero-order valence-electron chi connectivity index (χ0n) is 14.3. The van der Waals surface area contributed by atoms with Gasteiger partial charge in [0.2, 0.25) is 27.5 Å². The van der Waals surface area contributed by atoms with E-state index in [4.69, 9.17) is 4.42 Å². The number of sulfonamides is 1. The molecule has 1 fully saturated rings. The van der Waals surface area contributed by atoms with Crippen molar-refractivity contribution in [2.45, 2.75) is 4.90 Å². The molecule has 0 atom stereocenters. The van der Waals surface area contributed by atoms with E-state index in [0.717, 1.165) is 4.88 Å². The van der Waals surface area contributed by atoms with Crippen molar-refractivity contribution >= 4 is 27.2 Å².